The van der Waals surface area contributed by atoms with Crippen LogP contribution in [0, 0.1) is 99.6 Å². The molecule has 0 saturated heterocycles. The zero-order valence-corrected chi connectivity index (χ0v) is 34.0. The molecule has 53 heavy (non-hydrogen) atoms. The summed E-state index contributed by atoms with van der Waals surface area (Å²) in [5.41, 5.74) is 4.54. The first-order valence-electron chi connectivity index (χ1n) is 16.6. The van der Waals surface area contributed by atoms with E-state index in [0.29, 0.717) is 25.1 Å². The summed E-state index contributed by atoms with van der Waals surface area (Å²) in [6.07, 6.45) is -0.171. The molecule has 0 aliphatic rings. The Kier molecular flexibility index (Phi) is 23.3. The van der Waals surface area contributed by atoms with Crippen molar-refractivity contribution in [2.24, 2.45) is 5.92 Å². The molecule has 0 aliphatic carbocycles. The third kappa shape index (κ3) is 19.1. The number of carboxylic acids is 1. The Morgan fingerprint density at radius 2 is 1.23 bits per heavy atom. The molecule has 0 saturated carbocycles. The second-order valence-electron chi connectivity index (χ2n) is 12.1. The second kappa shape index (κ2) is 25.8. The molecule has 0 aromatic heterocycles. The summed E-state index contributed by atoms with van der Waals surface area (Å²) in [4.78, 5) is 74.4. The van der Waals surface area contributed by atoms with Gasteiger partial charge in [-0.25, -0.2) is 0 Å². The van der Waals surface area contributed by atoms with E-state index in [2.05, 4.69) is 40.4 Å². The van der Waals surface area contributed by atoms with Crippen molar-refractivity contribution >= 4 is 35.5 Å². The third-order valence-corrected chi connectivity index (χ3v) is 7.88. The van der Waals surface area contributed by atoms with E-state index >= 15 is 0 Å². The van der Waals surface area contributed by atoms with Crippen molar-refractivity contribution in [3.05, 3.63) is 109 Å². The minimum atomic E-state index is -1.27. The summed E-state index contributed by atoms with van der Waals surface area (Å²) in [6.45, 7) is 9.81. The Hall–Kier alpha value is -3.17. The molecule has 15 heteroatoms. The van der Waals surface area contributed by atoms with Gasteiger partial charge in [-0.1, -0.05) is 85.8 Å². The van der Waals surface area contributed by atoms with Gasteiger partial charge in [0.25, 0.3) is 0 Å². The number of carbonyl (C=O) groups is 6. The van der Waals surface area contributed by atoms with Crippen LogP contribution in [0.4, 0.5) is 0 Å². The molecule has 3 aromatic rings. The number of rotatable bonds is 20. The van der Waals surface area contributed by atoms with E-state index in [4.69, 9.17) is 0 Å². The van der Waals surface area contributed by atoms with Crippen LogP contribution in [0.15, 0.2) is 78.9 Å². The van der Waals surface area contributed by atoms with Crippen molar-refractivity contribution in [1.29, 1.82) is 0 Å². The number of amides is 5. The van der Waals surface area contributed by atoms with E-state index in [0.717, 1.165) is 22.3 Å². The van der Waals surface area contributed by atoms with Gasteiger partial charge in [0, 0.05) is 125 Å². The van der Waals surface area contributed by atoms with Crippen LogP contribution in [0.5, 0.6) is 0 Å². The average molecular weight is 1010 g/mol. The zero-order valence-electron chi connectivity index (χ0n) is 29.5. The van der Waals surface area contributed by atoms with Crippen LogP contribution in [0.3, 0.4) is 0 Å². The zero-order chi connectivity index (χ0) is 37.2. The van der Waals surface area contributed by atoms with Crippen LogP contribution in [0.25, 0.3) is 11.1 Å². The maximum Gasteiger partial charge on any atom is 0.305 e. The van der Waals surface area contributed by atoms with Gasteiger partial charge in [0.2, 0.25) is 17.7 Å². The van der Waals surface area contributed by atoms with Gasteiger partial charge in [0.1, 0.15) is 6.04 Å². The summed E-state index contributed by atoms with van der Waals surface area (Å²) in [5, 5.41) is 22.7. The van der Waals surface area contributed by atoms with Gasteiger partial charge < -0.3 is 55.1 Å². The Morgan fingerprint density at radius 3 is 1.77 bits per heavy atom. The summed E-state index contributed by atoms with van der Waals surface area (Å²) in [5.74, 6) is -3.95. The summed E-state index contributed by atoms with van der Waals surface area (Å²) >= 11 is 0. The summed E-state index contributed by atoms with van der Waals surface area (Å²) in [6, 6.07) is 23.7. The van der Waals surface area contributed by atoms with E-state index < -0.39 is 48.0 Å². The van der Waals surface area contributed by atoms with Crippen LogP contribution in [0.2, 0.25) is 0 Å². The fraction of sp³-hybridized carbons (Fsp3) is 0.316. The van der Waals surface area contributed by atoms with Gasteiger partial charge in [-0.15, -0.1) is 0 Å². The molecular formula is C38H46Gd2N6O7-2. The van der Waals surface area contributed by atoms with Gasteiger partial charge in [0.15, 0.2) is 0 Å². The molecule has 0 unspecified atom stereocenters. The number of aliphatic carboxylic acids is 1. The van der Waals surface area contributed by atoms with Crippen LogP contribution >= 0.6 is 0 Å². The van der Waals surface area contributed by atoms with Gasteiger partial charge in [-0.05, 0) is 34.2 Å². The number of carbonyl (C=O) groups excluding carboxylic acids is 5. The van der Waals surface area contributed by atoms with E-state index in [1.165, 1.54) is 0 Å². The molecule has 0 radical (unpaired) electrons. The summed E-state index contributed by atoms with van der Waals surface area (Å²) < 4.78 is 0. The first-order chi connectivity index (χ1) is 24.4. The standard InChI is InChI=1S/C38H46N6O7.2Gd/c1-26(20-29-12-14-33(15-13-29)32-10-5-4-6-11-32)37(50)43-34(22-36(48)49)38(51)42-24-31-9-7-8-30(21-31)23-41-35(47)25-44(18-16-39-27(2)45)19-17-40-28(3)46;;/h4-15,21,26,34H,2-3,16-20,22-25H2,1H3,(H,39,45)(H,40,46)(H,41,47)(H,42,51)(H,43,50)(H,48,49);;/q-2;;/t26-,34-;;/m0../s1. The smallest absolute Gasteiger partial charge is 0.305 e. The normalized spacial score (nSPS) is 11.4. The summed E-state index contributed by atoms with van der Waals surface area (Å²) in [7, 11) is 0. The molecule has 6 N–H and O–H groups in total. The maximum absolute atomic E-state index is 13.1. The molecule has 3 aromatic carbocycles. The largest absolute Gasteiger partial charge is 0.481 e. The molecule has 0 spiro atoms. The third-order valence-electron chi connectivity index (χ3n) is 7.88. The van der Waals surface area contributed by atoms with Gasteiger partial charge in [-0.2, -0.15) is 0 Å². The molecular weight excluding hydrogens is 967 g/mol. The Balaban J connectivity index is 0.00000702. The topological polar surface area (TPSA) is 186 Å². The number of benzene rings is 3. The van der Waals surface area contributed by atoms with Crippen molar-refractivity contribution in [2.75, 3.05) is 32.7 Å². The predicted octanol–water partition coefficient (Wildman–Crippen LogP) is 1.63. The Morgan fingerprint density at radius 1 is 0.679 bits per heavy atom. The van der Waals surface area contributed by atoms with Crippen molar-refractivity contribution in [1.82, 2.24) is 31.5 Å². The minimum Gasteiger partial charge on any atom is -0.481 e. The monoisotopic (exact) mass is 1010 g/mol. The number of hydrogen-bond donors (Lipinski definition) is 6. The number of hydrogen-bond acceptors (Lipinski definition) is 7. The second-order valence-corrected chi connectivity index (χ2v) is 12.1. The Labute approximate surface area is 374 Å². The van der Waals surface area contributed by atoms with Gasteiger partial charge in [-0.3, -0.25) is 24.1 Å². The number of nitrogens with zero attached hydrogens (tertiary/aromatic N) is 1. The molecule has 0 heterocycles. The number of carboxylic acid groups (broad SMARTS) is 1. The van der Waals surface area contributed by atoms with E-state index in [1.807, 2.05) is 54.6 Å². The van der Waals surface area contributed by atoms with Crippen LogP contribution in [-0.4, -0.2) is 84.3 Å². The van der Waals surface area contributed by atoms with Gasteiger partial charge >= 0.3 is 5.97 Å². The molecule has 3 rings (SSSR count). The van der Waals surface area contributed by atoms with Crippen molar-refractivity contribution in [3.63, 3.8) is 0 Å². The molecule has 0 fully saturated rings. The van der Waals surface area contributed by atoms with Crippen LogP contribution < -0.4 is 26.6 Å². The van der Waals surface area contributed by atoms with E-state index in [9.17, 15) is 33.9 Å². The quantitative estimate of drug-likeness (QED) is 0.0924. The van der Waals surface area contributed by atoms with Gasteiger partial charge in [0.05, 0.1) is 24.8 Å². The average Bonchev–Trinajstić information content (AvgIpc) is 3.09. The van der Waals surface area contributed by atoms with E-state index in [-0.39, 0.29) is 119 Å². The fourth-order valence-electron chi connectivity index (χ4n) is 5.21. The molecule has 5 amide bonds. The van der Waals surface area contributed by atoms with E-state index in [1.54, 1.807) is 36.1 Å². The molecule has 13 nitrogen and oxygen atoms in total. The van der Waals surface area contributed by atoms with Crippen LogP contribution in [0.1, 0.15) is 30.0 Å². The van der Waals surface area contributed by atoms with Crippen molar-refractivity contribution < 1.29 is 114 Å². The molecule has 0 aliphatic heterocycles. The first kappa shape index (κ1) is 47.8. The predicted molar refractivity (Wildman–Crippen MR) is 192 cm³/mol. The minimum absolute atomic E-state index is 0. The van der Waals surface area contributed by atoms with Crippen molar-refractivity contribution in [2.45, 2.75) is 38.9 Å². The maximum atomic E-state index is 13.1. The molecule has 2 atom stereocenters. The Bertz CT molecular complexity index is 1620. The van der Waals surface area contributed by atoms with Crippen LogP contribution in [-0.2, 0) is 48.3 Å². The fourth-order valence-corrected chi connectivity index (χ4v) is 5.21. The molecule has 288 valence electrons. The number of nitrogens with one attached hydrogen (secondary N) is 5. The molecule has 0 bridgehead atoms. The SMILES string of the molecule is [CH2-]C(=O)NCCN(CCNC([CH2-])=O)CC(=O)NCc1cccc(CNC(=O)[C@H](CC(=O)O)NC(=O)[C@@H](C)Cc2ccc(-c3ccccc3)cc2)c1.[Gd].[Gd]. The first-order valence-corrected chi connectivity index (χ1v) is 16.6. The van der Waals surface area contributed by atoms with Crippen molar-refractivity contribution in [3.8, 4) is 11.1 Å².